The molecule has 4 fully saturated rings. The van der Waals surface area contributed by atoms with Crippen LogP contribution in [0.5, 0.6) is 0 Å². The van der Waals surface area contributed by atoms with Crippen LogP contribution in [0.15, 0.2) is 23.8 Å². The maximum atomic E-state index is 11.7. The molecule has 194 valence electrons. The van der Waals surface area contributed by atoms with E-state index in [4.69, 9.17) is 0 Å². The van der Waals surface area contributed by atoms with E-state index in [1.807, 2.05) is 6.92 Å². The van der Waals surface area contributed by atoms with Gasteiger partial charge in [-0.15, -0.1) is 0 Å². The van der Waals surface area contributed by atoms with Crippen molar-refractivity contribution in [1.29, 1.82) is 0 Å². The first-order chi connectivity index (χ1) is 15.6. The molecule has 0 amide bonds. The van der Waals surface area contributed by atoms with E-state index in [-0.39, 0.29) is 45.7 Å². The fourth-order valence-electron chi connectivity index (χ4n) is 10.1. The van der Waals surface area contributed by atoms with Crippen LogP contribution in [0, 0.1) is 45.3 Å². The zero-order chi connectivity index (χ0) is 25.4. The van der Waals surface area contributed by atoms with Gasteiger partial charge in [-0.25, -0.2) is 0 Å². The third-order valence-corrected chi connectivity index (χ3v) is 12.1. The summed E-state index contributed by atoms with van der Waals surface area (Å²) in [5, 5.41) is 44.5. The van der Waals surface area contributed by atoms with Crippen LogP contribution in [0.1, 0.15) is 93.4 Å². The molecule has 4 unspecified atom stereocenters. The average Bonchev–Trinajstić information content (AvgIpc) is 3.10. The normalized spacial score (nSPS) is 51.3. The van der Waals surface area contributed by atoms with E-state index in [0.717, 1.165) is 44.1 Å². The maximum absolute atomic E-state index is 11.7. The van der Waals surface area contributed by atoms with Gasteiger partial charge < -0.3 is 20.4 Å². The Balaban J connectivity index is 1.69. The van der Waals surface area contributed by atoms with Crippen molar-refractivity contribution >= 4 is 0 Å². The Bertz CT molecular complexity index is 847. The highest BCUT2D eigenvalue weighted by Crippen LogP contribution is 2.75. The minimum atomic E-state index is -0.517. The zero-order valence-corrected chi connectivity index (χ0v) is 22.6. The summed E-state index contributed by atoms with van der Waals surface area (Å²) < 4.78 is 0. The van der Waals surface area contributed by atoms with Gasteiger partial charge in [0.05, 0.1) is 24.4 Å². The first-order valence-electron chi connectivity index (χ1n) is 13.7. The Labute approximate surface area is 207 Å². The fraction of sp³-hybridized carbons (Fsp3) is 0.867. The van der Waals surface area contributed by atoms with Crippen LogP contribution in [-0.2, 0) is 0 Å². The molecule has 4 aliphatic carbocycles. The molecule has 4 heteroatoms. The lowest BCUT2D eigenvalue weighted by molar-refractivity contribution is -0.270. The SMILES string of the molecule is C=C(C)[C@H](O)CC=C(C)C1CC[C@]2(C)C1[C@H](O)CC1[C@@]3(C)CC[C@H](O)C(C)(C)C3[C@@H](O)C[C@]12C. The predicted octanol–water partition coefficient (Wildman–Crippen LogP) is 5.25. The Morgan fingerprint density at radius 1 is 0.971 bits per heavy atom. The lowest BCUT2D eigenvalue weighted by Crippen LogP contribution is -2.69. The quantitative estimate of drug-likeness (QED) is 0.420. The van der Waals surface area contributed by atoms with Crippen LogP contribution in [0.3, 0.4) is 0 Å². The summed E-state index contributed by atoms with van der Waals surface area (Å²) in [5.41, 5.74) is 1.51. The molecule has 4 nitrogen and oxygen atoms in total. The molecule has 34 heavy (non-hydrogen) atoms. The molecule has 4 aliphatic rings. The number of hydrogen-bond acceptors (Lipinski definition) is 4. The number of aliphatic hydroxyl groups excluding tert-OH is 4. The number of hydrogen-bond donors (Lipinski definition) is 4. The minimum absolute atomic E-state index is 0.0386. The van der Waals surface area contributed by atoms with E-state index < -0.39 is 12.2 Å². The topological polar surface area (TPSA) is 80.9 Å². The van der Waals surface area contributed by atoms with Gasteiger partial charge in [0.1, 0.15) is 0 Å². The summed E-state index contributed by atoms with van der Waals surface area (Å²) in [4.78, 5) is 0. The van der Waals surface area contributed by atoms with Crippen molar-refractivity contribution < 1.29 is 20.4 Å². The van der Waals surface area contributed by atoms with Crippen molar-refractivity contribution in [1.82, 2.24) is 0 Å². The van der Waals surface area contributed by atoms with Gasteiger partial charge in [-0.1, -0.05) is 58.4 Å². The Morgan fingerprint density at radius 3 is 2.24 bits per heavy atom. The third kappa shape index (κ3) is 3.53. The molecular weight excluding hydrogens is 424 g/mol. The van der Waals surface area contributed by atoms with E-state index in [1.54, 1.807) is 0 Å². The minimum Gasteiger partial charge on any atom is -0.393 e. The lowest BCUT2D eigenvalue weighted by atomic mass is 9.34. The predicted molar refractivity (Wildman–Crippen MR) is 137 cm³/mol. The first-order valence-corrected chi connectivity index (χ1v) is 13.7. The molecule has 11 atom stereocenters. The number of rotatable bonds is 4. The molecule has 0 spiro atoms. The molecule has 0 bridgehead atoms. The second-order valence-corrected chi connectivity index (χ2v) is 14.0. The van der Waals surface area contributed by atoms with Crippen molar-refractivity contribution in [3.63, 3.8) is 0 Å². The second-order valence-electron chi connectivity index (χ2n) is 14.0. The maximum Gasteiger partial charge on any atom is 0.0779 e. The summed E-state index contributed by atoms with van der Waals surface area (Å²) in [5.74, 6) is 0.838. The molecule has 0 aromatic carbocycles. The van der Waals surface area contributed by atoms with E-state index in [9.17, 15) is 20.4 Å². The van der Waals surface area contributed by atoms with Gasteiger partial charge in [0.2, 0.25) is 0 Å². The van der Waals surface area contributed by atoms with Crippen LogP contribution in [0.25, 0.3) is 0 Å². The van der Waals surface area contributed by atoms with Crippen LogP contribution in [-0.4, -0.2) is 44.8 Å². The number of fused-ring (bicyclic) bond motifs is 5. The van der Waals surface area contributed by atoms with Gasteiger partial charge in [-0.05, 0) is 104 Å². The molecule has 0 heterocycles. The van der Waals surface area contributed by atoms with Gasteiger partial charge in [-0.2, -0.15) is 0 Å². The summed E-state index contributed by atoms with van der Waals surface area (Å²) in [6.07, 6.45) is 6.33. The van der Waals surface area contributed by atoms with Crippen LogP contribution in [0.2, 0.25) is 0 Å². The van der Waals surface area contributed by atoms with Crippen LogP contribution in [0.4, 0.5) is 0 Å². The molecule has 0 radical (unpaired) electrons. The van der Waals surface area contributed by atoms with E-state index in [2.05, 4.69) is 54.2 Å². The molecule has 4 N–H and O–H groups in total. The highest BCUT2D eigenvalue weighted by molar-refractivity contribution is 5.24. The summed E-state index contributed by atoms with van der Waals surface area (Å²) in [6, 6.07) is 0. The smallest absolute Gasteiger partial charge is 0.0779 e. The third-order valence-electron chi connectivity index (χ3n) is 12.1. The number of allylic oxidation sites excluding steroid dienone is 1. The van der Waals surface area contributed by atoms with Crippen molar-refractivity contribution in [3.8, 4) is 0 Å². The van der Waals surface area contributed by atoms with Crippen LogP contribution >= 0.6 is 0 Å². The zero-order valence-electron chi connectivity index (χ0n) is 22.6. The van der Waals surface area contributed by atoms with Gasteiger partial charge in [0, 0.05) is 0 Å². The number of aliphatic hydroxyl groups is 4. The Kier molecular flexibility index (Phi) is 6.54. The van der Waals surface area contributed by atoms with E-state index in [0.29, 0.717) is 18.3 Å². The lowest BCUT2D eigenvalue weighted by Gasteiger charge is -2.71. The Hall–Kier alpha value is -0.680. The molecular formula is C30H50O4. The van der Waals surface area contributed by atoms with Crippen molar-refractivity contribution in [2.45, 2.75) is 118 Å². The summed E-state index contributed by atoms with van der Waals surface area (Å²) >= 11 is 0. The highest BCUT2D eigenvalue weighted by Gasteiger charge is 2.72. The standard InChI is InChI=1S/C30H50O4/c1-17(2)20(31)10-9-18(3)19-11-14-29(7)25(19)21(32)15-23-28(6)13-12-24(34)27(4,5)26(28)22(33)16-30(23,29)8/h9,19-26,31-34H,1,10-16H2,2-8H3/t19?,20-,21-,22+,23?,24+,25?,26?,28-,29-,30-/m1/s1. The molecule has 4 saturated carbocycles. The van der Waals surface area contributed by atoms with Gasteiger partial charge in [-0.3, -0.25) is 0 Å². The first kappa shape index (κ1) is 26.4. The van der Waals surface area contributed by atoms with E-state index >= 15 is 0 Å². The average molecular weight is 475 g/mol. The van der Waals surface area contributed by atoms with Crippen molar-refractivity contribution in [3.05, 3.63) is 23.8 Å². The summed E-state index contributed by atoms with van der Waals surface area (Å²) in [7, 11) is 0. The van der Waals surface area contributed by atoms with Gasteiger partial charge in [0.25, 0.3) is 0 Å². The van der Waals surface area contributed by atoms with Crippen molar-refractivity contribution in [2.75, 3.05) is 0 Å². The summed E-state index contributed by atoms with van der Waals surface area (Å²) in [6.45, 7) is 19.3. The highest BCUT2D eigenvalue weighted by atomic mass is 16.3. The molecule has 0 saturated heterocycles. The van der Waals surface area contributed by atoms with Gasteiger partial charge >= 0.3 is 0 Å². The van der Waals surface area contributed by atoms with E-state index in [1.165, 1.54) is 5.57 Å². The van der Waals surface area contributed by atoms with Gasteiger partial charge in [0.15, 0.2) is 0 Å². The second kappa shape index (κ2) is 8.43. The fourth-order valence-corrected chi connectivity index (χ4v) is 10.1. The molecule has 4 rings (SSSR count). The Morgan fingerprint density at radius 2 is 1.62 bits per heavy atom. The van der Waals surface area contributed by atoms with Crippen molar-refractivity contribution in [2.24, 2.45) is 45.3 Å². The largest absolute Gasteiger partial charge is 0.393 e. The molecule has 0 aromatic rings. The monoisotopic (exact) mass is 474 g/mol. The van der Waals surface area contributed by atoms with Crippen LogP contribution < -0.4 is 0 Å². The molecule has 0 aromatic heterocycles. The molecule has 0 aliphatic heterocycles.